The summed E-state index contributed by atoms with van der Waals surface area (Å²) >= 11 is 0. The van der Waals surface area contributed by atoms with Gasteiger partial charge in [0.2, 0.25) is 0 Å². The third-order valence-electron chi connectivity index (χ3n) is 2.43. The Labute approximate surface area is 82.3 Å². The summed E-state index contributed by atoms with van der Waals surface area (Å²) in [5.41, 5.74) is 0. The molecular formula is C9H14O5. The van der Waals surface area contributed by atoms with Crippen LogP contribution in [0.1, 0.15) is 13.8 Å². The van der Waals surface area contributed by atoms with E-state index in [-0.39, 0.29) is 12.2 Å². The zero-order chi connectivity index (χ0) is 10.3. The van der Waals surface area contributed by atoms with E-state index in [1.54, 1.807) is 13.8 Å². The fraction of sp³-hybridized carbons (Fsp3) is 0.889. The SMILES string of the molecule is CO[C@H]1[C@@H]2OC(C)(C)O[C@@H]2O[C@H]1C=O. The Hall–Kier alpha value is -0.490. The van der Waals surface area contributed by atoms with Crippen LogP contribution >= 0.6 is 0 Å². The van der Waals surface area contributed by atoms with E-state index in [2.05, 4.69) is 0 Å². The predicted molar refractivity (Wildman–Crippen MR) is 45.6 cm³/mol. The van der Waals surface area contributed by atoms with Gasteiger partial charge in [-0.2, -0.15) is 0 Å². The molecule has 0 bridgehead atoms. The molecule has 0 radical (unpaired) electrons. The molecule has 0 amide bonds. The largest absolute Gasteiger partial charge is 0.375 e. The van der Waals surface area contributed by atoms with Crippen molar-refractivity contribution in [1.29, 1.82) is 0 Å². The number of carbonyl (C=O) groups is 1. The Kier molecular flexibility index (Phi) is 2.35. The molecule has 0 aromatic rings. The highest BCUT2D eigenvalue weighted by Gasteiger charge is 2.55. The van der Waals surface area contributed by atoms with Gasteiger partial charge in [0.1, 0.15) is 18.3 Å². The topological polar surface area (TPSA) is 54.0 Å². The standard InChI is InChI=1S/C9H14O5/c1-9(2)13-7-6(11-3)5(4-10)12-8(7)14-9/h4-8H,1-3H3/t5-,6+,7-,8-/m0/s1. The molecular weight excluding hydrogens is 188 g/mol. The molecule has 0 aromatic carbocycles. The summed E-state index contributed by atoms with van der Waals surface area (Å²) in [5.74, 6) is -0.667. The molecule has 2 saturated heterocycles. The van der Waals surface area contributed by atoms with E-state index in [0.29, 0.717) is 6.29 Å². The second-order valence-corrected chi connectivity index (χ2v) is 3.91. The first-order chi connectivity index (χ1) is 6.57. The lowest BCUT2D eigenvalue weighted by Crippen LogP contribution is -2.36. The van der Waals surface area contributed by atoms with E-state index in [1.807, 2.05) is 0 Å². The van der Waals surface area contributed by atoms with Gasteiger partial charge in [-0.25, -0.2) is 0 Å². The quantitative estimate of drug-likeness (QED) is 0.593. The molecule has 4 atom stereocenters. The summed E-state index contributed by atoms with van der Waals surface area (Å²) in [7, 11) is 1.53. The monoisotopic (exact) mass is 202 g/mol. The van der Waals surface area contributed by atoms with Gasteiger partial charge in [-0.1, -0.05) is 0 Å². The number of rotatable bonds is 2. The first-order valence-corrected chi connectivity index (χ1v) is 4.56. The van der Waals surface area contributed by atoms with Crippen molar-refractivity contribution in [2.75, 3.05) is 7.11 Å². The lowest BCUT2D eigenvalue weighted by atomic mass is 10.1. The predicted octanol–water partition coefficient (Wildman–Crippen LogP) is 0.0767. The minimum atomic E-state index is -0.667. The number of hydrogen-bond donors (Lipinski definition) is 0. The summed E-state index contributed by atoms with van der Waals surface area (Å²) in [6.07, 6.45) is -1.06. The summed E-state index contributed by atoms with van der Waals surface area (Å²) < 4.78 is 21.5. The maximum Gasteiger partial charge on any atom is 0.190 e. The van der Waals surface area contributed by atoms with Crippen LogP contribution in [-0.4, -0.2) is 43.8 Å². The van der Waals surface area contributed by atoms with Crippen LogP contribution in [0.25, 0.3) is 0 Å². The summed E-state index contributed by atoms with van der Waals surface area (Å²) in [5, 5.41) is 0. The van der Waals surface area contributed by atoms with Crippen molar-refractivity contribution in [3.63, 3.8) is 0 Å². The Morgan fingerprint density at radius 2 is 2.07 bits per heavy atom. The molecule has 80 valence electrons. The molecule has 0 spiro atoms. The average Bonchev–Trinajstić information content (AvgIpc) is 2.55. The molecule has 14 heavy (non-hydrogen) atoms. The Bertz CT molecular complexity index is 239. The molecule has 0 unspecified atom stereocenters. The molecule has 0 N–H and O–H groups in total. The zero-order valence-electron chi connectivity index (χ0n) is 8.43. The molecule has 2 fully saturated rings. The van der Waals surface area contributed by atoms with E-state index in [0.717, 1.165) is 0 Å². The molecule has 0 aliphatic carbocycles. The van der Waals surface area contributed by atoms with Gasteiger partial charge in [0.25, 0.3) is 0 Å². The van der Waals surface area contributed by atoms with E-state index >= 15 is 0 Å². The van der Waals surface area contributed by atoms with E-state index in [9.17, 15) is 4.79 Å². The third-order valence-corrected chi connectivity index (χ3v) is 2.43. The van der Waals surface area contributed by atoms with Gasteiger partial charge in [-0.05, 0) is 13.8 Å². The lowest BCUT2D eigenvalue weighted by Gasteiger charge is -2.22. The van der Waals surface area contributed by atoms with Crippen molar-refractivity contribution in [1.82, 2.24) is 0 Å². The van der Waals surface area contributed by atoms with Gasteiger partial charge in [0, 0.05) is 7.11 Å². The first-order valence-electron chi connectivity index (χ1n) is 4.56. The van der Waals surface area contributed by atoms with Crippen molar-refractivity contribution in [2.24, 2.45) is 0 Å². The highest BCUT2D eigenvalue weighted by molar-refractivity contribution is 5.58. The van der Waals surface area contributed by atoms with Crippen molar-refractivity contribution in [2.45, 2.75) is 44.2 Å². The van der Waals surface area contributed by atoms with Crippen LogP contribution in [0.15, 0.2) is 0 Å². The molecule has 5 heteroatoms. The Morgan fingerprint density at radius 3 is 2.64 bits per heavy atom. The normalized spacial score (nSPS) is 45.1. The number of aldehydes is 1. The van der Waals surface area contributed by atoms with Gasteiger partial charge in [0.05, 0.1) is 0 Å². The number of hydrogen-bond acceptors (Lipinski definition) is 5. The van der Waals surface area contributed by atoms with Crippen molar-refractivity contribution in [3.8, 4) is 0 Å². The number of ether oxygens (including phenoxy) is 4. The summed E-state index contributed by atoms with van der Waals surface area (Å²) in [6.45, 7) is 3.61. The lowest BCUT2D eigenvalue weighted by molar-refractivity contribution is -0.213. The molecule has 2 heterocycles. The second-order valence-electron chi connectivity index (χ2n) is 3.91. The summed E-state index contributed by atoms with van der Waals surface area (Å²) in [6, 6.07) is 0. The smallest absolute Gasteiger partial charge is 0.190 e. The molecule has 0 aromatic heterocycles. The van der Waals surface area contributed by atoms with Gasteiger partial charge in [-0.15, -0.1) is 0 Å². The second kappa shape index (κ2) is 3.27. The molecule has 5 nitrogen and oxygen atoms in total. The van der Waals surface area contributed by atoms with Crippen LogP contribution in [0.4, 0.5) is 0 Å². The number of fused-ring (bicyclic) bond motifs is 1. The third kappa shape index (κ3) is 1.46. The number of carbonyl (C=O) groups excluding carboxylic acids is 1. The van der Waals surface area contributed by atoms with Crippen LogP contribution in [0.2, 0.25) is 0 Å². The fourth-order valence-corrected chi connectivity index (χ4v) is 1.88. The van der Waals surface area contributed by atoms with Gasteiger partial charge >= 0.3 is 0 Å². The Balaban J connectivity index is 2.13. The minimum absolute atomic E-state index is 0.315. The highest BCUT2D eigenvalue weighted by Crippen LogP contribution is 2.37. The van der Waals surface area contributed by atoms with E-state index in [1.165, 1.54) is 7.11 Å². The summed E-state index contributed by atoms with van der Waals surface area (Å²) in [4.78, 5) is 10.7. The van der Waals surface area contributed by atoms with Gasteiger partial charge < -0.3 is 23.7 Å². The van der Waals surface area contributed by atoms with E-state index < -0.39 is 18.2 Å². The molecule has 2 aliphatic heterocycles. The fourth-order valence-electron chi connectivity index (χ4n) is 1.88. The van der Waals surface area contributed by atoms with Crippen LogP contribution in [-0.2, 0) is 23.7 Å². The van der Waals surface area contributed by atoms with E-state index in [4.69, 9.17) is 18.9 Å². The molecule has 0 saturated carbocycles. The van der Waals surface area contributed by atoms with Crippen LogP contribution < -0.4 is 0 Å². The van der Waals surface area contributed by atoms with Crippen LogP contribution in [0.5, 0.6) is 0 Å². The maximum absolute atomic E-state index is 10.7. The Morgan fingerprint density at radius 1 is 1.36 bits per heavy atom. The van der Waals surface area contributed by atoms with Crippen molar-refractivity contribution >= 4 is 6.29 Å². The number of methoxy groups -OCH3 is 1. The molecule has 2 aliphatic rings. The molecule has 2 rings (SSSR count). The van der Waals surface area contributed by atoms with Crippen LogP contribution in [0, 0.1) is 0 Å². The van der Waals surface area contributed by atoms with Crippen molar-refractivity contribution < 1.29 is 23.7 Å². The zero-order valence-corrected chi connectivity index (χ0v) is 8.43. The first kappa shape index (κ1) is 10.0. The minimum Gasteiger partial charge on any atom is -0.375 e. The van der Waals surface area contributed by atoms with Gasteiger partial charge in [-0.3, -0.25) is 0 Å². The van der Waals surface area contributed by atoms with Gasteiger partial charge in [0.15, 0.2) is 18.4 Å². The average molecular weight is 202 g/mol. The van der Waals surface area contributed by atoms with Crippen molar-refractivity contribution in [3.05, 3.63) is 0 Å². The highest BCUT2D eigenvalue weighted by atomic mass is 16.8. The van der Waals surface area contributed by atoms with Crippen LogP contribution in [0.3, 0.4) is 0 Å². The maximum atomic E-state index is 10.7.